The second kappa shape index (κ2) is 7.48. The smallest absolute Gasteiger partial charge is 0.417 e. The van der Waals surface area contributed by atoms with E-state index in [9.17, 15) is 28.2 Å². The monoisotopic (exact) mass is 382 g/mol. The zero-order chi connectivity index (χ0) is 19.6. The number of carbonyl (C=O) groups excluding carboxylic acids is 1. The lowest BCUT2D eigenvalue weighted by Crippen LogP contribution is -2.16. The van der Waals surface area contributed by atoms with E-state index >= 15 is 0 Å². The number of aliphatic hydroxyl groups is 1. The average Bonchev–Trinajstić information content (AvgIpc) is 2.65. The number of hydrogen-bond donors (Lipinski definition) is 2. The highest BCUT2D eigenvalue weighted by atomic mass is 19.4. The summed E-state index contributed by atoms with van der Waals surface area (Å²) in [7, 11) is 0. The van der Waals surface area contributed by atoms with Crippen molar-refractivity contribution in [1.29, 1.82) is 0 Å². The number of aromatic hydroxyl groups is 1. The third-order valence-electron chi connectivity index (χ3n) is 4.25. The minimum absolute atomic E-state index is 0.103. The van der Waals surface area contributed by atoms with Gasteiger partial charge >= 0.3 is 6.18 Å². The second-order valence-electron chi connectivity index (χ2n) is 6.05. The van der Waals surface area contributed by atoms with Crippen molar-refractivity contribution in [2.24, 2.45) is 0 Å². The Morgan fingerprint density at radius 2 is 1.81 bits per heavy atom. The SMILES string of the molecule is O=C(CCC(O)c1ccc2c(c1O)OCCO2)c1ccccc1C(F)(F)F. The first-order valence-electron chi connectivity index (χ1n) is 8.28. The van der Waals surface area contributed by atoms with Gasteiger partial charge < -0.3 is 19.7 Å². The molecule has 1 atom stereocenters. The molecule has 0 spiro atoms. The average molecular weight is 382 g/mol. The summed E-state index contributed by atoms with van der Waals surface area (Å²) in [6, 6.07) is 7.47. The van der Waals surface area contributed by atoms with Gasteiger partial charge in [-0.1, -0.05) is 18.2 Å². The van der Waals surface area contributed by atoms with Gasteiger partial charge in [-0.2, -0.15) is 13.2 Å². The van der Waals surface area contributed by atoms with Crippen LogP contribution in [0.15, 0.2) is 36.4 Å². The van der Waals surface area contributed by atoms with Crippen LogP contribution in [0.25, 0.3) is 0 Å². The molecule has 1 aliphatic heterocycles. The standard InChI is InChI=1S/C19H17F3O5/c20-19(21,22)13-4-2-1-3-11(13)14(23)6-7-15(24)12-5-8-16-18(17(12)25)27-10-9-26-16/h1-5,8,15,24-25H,6-7,9-10H2. The van der Waals surface area contributed by atoms with Crippen LogP contribution in [-0.4, -0.2) is 29.2 Å². The van der Waals surface area contributed by atoms with E-state index < -0.39 is 29.2 Å². The Labute approximate surface area is 153 Å². The minimum atomic E-state index is -4.64. The highest BCUT2D eigenvalue weighted by Crippen LogP contribution is 2.43. The van der Waals surface area contributed by atoms with Crippen LogP contribution in [0.4, 0.5) is 13.2 Å². The van der Waals surface area contributed by atoms with Crippen molar-refractivity contribution in [3.05, 3.63) is 53.1 Å². The second-order valence-corrected chi connectivity index (χ2v) is 6.05. The van der Waals surface area contributed by atoms with E-state index in [0.717, 1.165) is 12.1 Å². The number of hydrogen-bond acceptors (Lipinski definition) is 5. The molecule has 0 saturated carbocycles. The number of aliphatic hydroxyl groups excluding tert-OH is 1. The molecule has 2 aromatic rings. The molecule has 0 bridgehead atoms. The van der Waals surface area contributed by atoms with E-state index in [1.807, 2.05) is 0 Å². The maximum Gasteiger partial charge on any atom is 0.417 e. The molecule has 27 heavy (non-hydrogen) atoms. The zero-order valence-electron chi connectivity index (χ0n) is 14.1. The molecule has 8 heteroatoms. The van der Waals surface area contributed by atoms with Crippen LogP contribution in [0.1, 0.15) is 40.4 Å². The number of benzene rings is 2. The number of ether oxygens (including phenoxy) is 2. The van der Waals surface area contributed by atoms with Gasteiger partial charge in [-0.15, -0.1) is 0 Å². The van der Waals surface area contributed by atoms with Crippen molar-refractivity contribution in [1.82, 2.24) is 0 Å². The number of fused-ring (bicyclic) bond motifs is 1. The Morgan fingerprint density at radius 3 is 2.56 bits per heavy atom. The third-order valence-corrected chi connectivity index (χ3v) is 4.25. The van der Waals surface area contributed by atoms with Gasteiger partial charge in [0.05, 0.1) is 11.7 Å². The first-order chi connectivity index (χ1) is 12.8. The summed E-state index contributed by atoms with van der Waals surface area (Å²) in [5.74, 6) is -0.599. The number of phenolic OH excluding ortho intramolecular Hbond substituents is 1. The minimum Gasteiger partial charge on any atom is -0.504 e. The summed E-state index contributed by atoms with van der Waals surface area (Å²) >= 11 is 0. The number of alkyl halides is 3. The maximum absolute atomic E-state index is 13.0. The molecule has 2 aromatic carbocycles. The van der Waals surface area contributed by atoms with Crippen LogP contribution in [0, 0.1) is 0 Å². The summed E-state index contributed by atoms with van der Waals surface area (Å²) in [6.07, 6.45) is -6.36. The van der Waals surface area contributed by atoms with Crippen molar-refractivity contribution < 1.29 is 37.7 Å². The highest BCUT2D eigenvalue weighted by Gasteiger charge is 2.34. The van der Waals surface area contributed by atoms with Gasteiger partial charge in [0, 0.05) is 17.5 Å². The number of halogens is 3. The van der Waals surface area contributed by atoms with Gasteiger partial charge in [0.15, 0.2) is 17.3 Å². The number of phenols is 1. The van der Waals surface area contributed by atoms with Gasteiger partial charge in [-0.25, -0.2) is 0 Å². The quantitative estimate of drug-likeness (QED) is 0.768. The fourth-order valence-corrected chi connectivity index (χ4v) is 2.92. The number of ketones is 1. The molecule has 0 aliphatic carbocycles. The highest BCUT2D eigenvalue weighted by molar-refractivity contribution is 5.97. The van der Waals surface area contributed by atoms with Crippen molar-refractivity contribution >= 4 is 5.78 Å². The topological polar surface area (TPSA) is 76.0 Å². The van der Waals surface area contributed by atoms with Crippen molar-refractivity contribution in [2.45, 2.75) is 25.1 Å². The third kappa shape index (κ3) is 4.00. The van der Waals surface area contributed by atoms with Crippen LogP contribution >= 0.6 is 0 Å². The zero-order valence-corrected chi connectivity index (χ0v) is 14.1. The molecule has 0 saturated heterocycles. The molecular weight excluding hydrogens is 365 g/mol. The molecule has 2 N–H and O–H groups in total. The predicted molar refractivity (Wildman–Crippen MR) is 89.1 cm³/mol. The first kappa shape index (κ1) is 19.0. The lowest BCUT2D eigenvalue weighted by Gasteiger charge is -2.22. The van der Waals surface area contributed by atoms with Crippen molar-refractivity contribution in [2.75, 3.05) is 13.2 Å². The number of rotatable bonds is 5. The van der Waals surface area contributed by atoms with Gasteiger partial charge in [0.2, 0.25) is 5.75 Å². The van der Waals surface area contributed by atoms with Crippen LogP contribution < -0.4 is 9.47 Å². The Kier molecular flexibility index (Phi) is 5.27. The number of carbonyl (C=O) groups is 1. The molecular formula is C19H17F3O5. The van der Waals surface area contributed by atoms with Gasteiger partial charge in [-0.05, 0) is 24.6 Å². The Morgan fingerprint density at radius 1 is 1.11 bits per heavy atom. The van der Waals surface area contributed by atoms with Crippen LogP contribution in [0.3, 0.4) is 0 Å². The van der Waals surface area contributed by atoms with Crippen LogP contribution in [0.5, 0.6) is 17.2 Å². The molecule has 0 amide bonds. The fourth-order valence-electron chi connectivity index (χ4n) is 2.92. The molecule has 0 aromatic heterocycles. The van der Waals surface area contributed by atoms with Crippen LogP contribution in [-0.2, 0) is 6.18 Å². The molecule has 0 radical (unpaired) electrons. The van der Waals surface area contributed by atoms with Gasteiger partial charge in [-0.3, -0.25) is 4.79 Å². The molecule has 1 unspecified atom stereocenters. The van der Waals surface area contributed by atoms with E-state index in [2.05, 4.69) is 0 Å². The molecule has 3 rings (SSSR count). The summed E-state index contributed by atoms with van der Waals surface area (Å²) in [6.45, 7) is 0.578. The largest absolute Gasteiger partial charge is 0.504 e. The molecule has 5 nitrogen and oxygen atoms in total. The number of Topliss-reactive ketones (excluding diaryl/α,β-unsaturated/α-hetero) is 1. The lowest BCUT2D eigenvalue weighted by atomic mass is 9.96. The van der Waals surface area contributed by atoms with Gasteiger partial charge in [0.1, 0.15) is 13.2 Å². The molecule has 0 fully saturated rings. The fraction of sp³-hybridized carbons (Fsp3) is 0.316. The predicted octanol–water partition coefficient (Wildman–Crippen LogP) is 3.88. The molecule has 1 aliphatic rings. The summed E-state index contributed by atoms with van der Waals surface area (Å²) in [5, 5.41) is 20.5. The van der Waals surface area contributed by atoms with E-state index in [1.54, 1.807) is 0 Å². The van der Waals surface area contributed by atoms with Gasteiger partial charge in [0.25, 0.3) is 0 Å². The summed E-state index contributed by atoms with van der Waals surface area (Å²) in [4.78, 5) is 12.2. The van der Waals surface area contributed by atoms with E-state index in [0.29, 0.717) is 12.4 Å². The van der Waals surface area contributed by atoms with Crippen LogP contribution in [0.2, 0.25) is 0 Å². The Bertz CT molecular complexity index is 848. The molecule has 144 valence electrons. The maximum atomic E-state index is 13.0. The summed E-state index contributed by atoms with van der Waals surface area (Å²) < 4.78 is 49.7. The van der Waals surface area contributed by atoms with E-state index in [1.165, 1.54) is 24.3 Å². The lowest BCUT2D eigenvalue weighted by molar-refractivity contribution is -0.137. The van der Waals surface area contributed by atoms with E-state index in [4.69, 9.17) is 9.47 Å². The molecule has 1 heterocycles. The van der Waals surface area contributed by atoms with Crippen molar-refractivity contribution in [3.8, 4) is 17.2 Å². The van der Waals surface area contributed by atoms with Crippen molar-refractivity contribution in [3.63, 3.8) is 0 Å². The van der Waals surface area contributed by atoms with E-state index in [-0.39, 0.29) is 36.5 Å². The normalized spacial score (nSPS) is 14.7. The first-order valence-corrected chi connectivity index (χ1v) is 8.28. The Hall–Kier alpha value is -2.74. The summed E-state index contributed by atoms with van der Waals surface area (Å²) in [5.41, 5.74) is -1.33. The Balaban J connectivity index is 1.73.